The van der Waals surface area contributed by atoms with Crippen molar-refractivity contribution in [3.63, 3.8) is 0 Å². The lowest BCUT2D eigenvalue weighted by Crippen LogP contribution is -2.12. The molecule has 0 aromatic carbocycles. The number of carbonyl (C=O) groups excluding carboxylic acids is 1. The second-order valence-corrected chi connectivity index (χ2v) is 5.21. The van der Waals surface area contributed by atoms with Gasteiger partial charge < -0.3 is 10.7 Å². The standard InChI is InChI=1S/C15H28N4O.2ClH/c16-11-9-7-5-3-1-2-4-6-8-10-14(20)19-15-17-12-13-18-15;;/h12-13H,1-11,16H2,(H2,17,18,19,20);2*1H. The summed E-state index contributed by atoms with van der Waals surface area (Å²) in [4.78, 5) is 18.4. The number of aromatic nitrogens is 2. The van der Waals surface area contributed by atoms with E-state index in [-0.39, 0.29) is 30.7 Å². The van der Waals surface area contributed by atoms with Crippen molar-refractivity contribution in [1.82, 2.24) is 9.97 Å². The molecule has 1 amide bonds. The van der Waals surface area contributed by atoms with Crippen molar-refractivity contribution in [2.45, 2.75) is 64.2 Å². The quantitative estimate of drug-likeness (QED) is 0.496. The molecule has 1 heterocycles. The van der Waals surface area contributed by atoms with E-state index in [1.165, 1.54) is 38.5 Å². The number of aromatic amines is 1. The van der Waals surface area contributed by atoms with Crippen molar-refractivity contribution >= 4 is 36.7 Å². The third kappa shape index (κ3) is 12.9. The molecule has 130 valence electrons. The van der Waals surface area contributed by atoms with Gasteiger partial charge >= 0.3 is 0 Å². The first kappa shape index (κ1) is 23.5. The number of H-pyrrole nitrogens is 1. The molecule has 0 unspecified atom stereocenters. The Morgan fingerprint density at radius 3 is 2.05 bits per heavy atom. The van der Waals surface area contributed by atoms with Crippen LogP contribution in [0.2, 0.25) is 0 Å². The van der Waals surface area contributed by atoms with Gasteiger partial charge in [0.2, 0.25) is 11.9 Å². The molecule has 0 aliphatic rings. The van der Waals surface area contributed by atoms with Crippen LogP contribution in [-0.2, 0) is 4.79 Å². The fourth-order valence-corrected chi connectivity index (χ4v) is 2.20. The average Bonchev–Trinajstić information content (AvgIpc) is 2.93. The van der Waals surface area contributed by atoms with Gasteiger partial charge in [-0.2, -0.15) is 0 Å². The SMILES string of the molecule is Cl.Cl.NCCCCCCCCCCCC(=O)Nc1ncc[nH]1. The fourth-order valence-electron chi connectivity index (χ4n) is 2.20. The normalized spacial score (nSPS) is 9.68. The van der Waals surface area contributed by atoms with Crippen LogP contribution in [0.3, 0.4) is 0 Å². The van der Waals surface area contributed by atoms with Gasteiger partial charge in [-0.05, 0) is 19.4 Å². The average molecular weight is 353 g/mol. The molecule has 22 heavy (non-hydrogen) atoms. The number of unbranched alkanes of at least 4 members (excludes halogenated alkanes) is 8. The number of halogens is 2. The lowest BCUT2D eigenvalue weighted by molar-refractivity contribution is -0.116. The summed E-state index contributed by atoms with van der Waals surface area (Å²) < 4.78 is 0. The number of rotatable bonds is 12. The van der Waals surface area contributed by atoms with Gasteiger partial charge in [0.1, 0.15) is 0 Å². The number of hydrogen-bond acceptors (Lipinski definition) is 3. The number of nitrogens with one attached hydrogen (secondary N) is 2. The Balaban J connectivity index is 0. The van der Waals surface area contributed by atoms with Crippen LogP contribution in [0.5, 0.6) is 0 Å². The van der Waals surface area contributed by atoms with E-state index >= 15 is 0 Å². The Kier molecular flexibility index (Phi) is 17.7. The van der Waals surface area contributed by atoms with Crippen molar-refractivity contribution in [3.05, 3.63) is 12.4 Å². The Bertz CT molecular complexity index is 347. The first-order chi connectivity index (χ1) is 9.83. The van der Waals surface area contributed by atoms with Crippen LogP contribution in [0.1, 0.15) is 64.2 Å². The highest BCUT2D eigenvalue weighted by atomic mass is 35.5. The number of nitrogens with two attached hydrogens (primary N) is 1. The maximum atomic E-state index is 11.6. The van der Waals surface area contributed by atoms with Crippen molar-refractivity contribution in [2.24, 2.45) is 5.73 Å². The molecule has 5 nitrogen and oxygen atoms in total. The smallest absolute Gasteiger partial charge is 0.226 e. The van der Waals surface area contributed by atoms with Crippen LogP contribution >= 0.6 is 24.8 Å². The van der Waals surface area contributed by atoms with E-state index in [4.69, 9.17) is 5.73 Å². The molecule has 0 aliphatic carbocycles. The van der Waals surface area contributed by atoms with Gasteiger partial charge in [0.15, 0.2) is 0 Å². The van der Waals surface area contributed by atoms with Crippen LogP contribution in [-0.4, -0.2) is 22.4 Å². The van der Waals surface area contributed by atoms with E-state index in [0.717, 1.165) is 25.8 Å². The number of carbonyl (C=O) groups is 1. The summed E-state index contributed by atoms with van der Waals surface area (Å²) in [7, 11) is 0. The molecule has 0 saturated heterocycles. The zero-order chi connectivity index (χ0) is 14.5. The minimum Gasteiger partial charge on any atom is -0.331 e. The second kappa shape index (κ2) is 16.6. The molecule has 4 N–H and O–H groups in total. The first-order valence-electron chi connectivity index (χ1n) is 7.82. The van der Waals surface area contributed by atoms with Gasteiger partial charge in [-0.3, -0.25) is 10.1 Å². The number of amides is 1. The zero-order valence-corrected chi connectivity index (χ0v) is 14.8. The molecule has 7 heteroatoms. The Hall–Kier alpha value is -0.780. The topological polar surface area (TPSA) is 83.8 Å². The highest BCUT2D eigenvalue weighted by molar-refractivity contribution is 5.88. The summed E-state index contributed by atoms with van der Waals surface area (Å²) in [5, 5.41) is 2.74. The van der Waals surface area contributed by atoms with E-state index in [0.29, 0.717) is 12.4 Å². The van der Waals surface area contributed by atoms with E-state index in [1.807, 2.05) is 0 Å². The van der Waals surface area contributed by atoms with Crippen molar-refractivity contribution < 1.29 is 4.79 Å². The zero-order valence-electron chi connectivity index (χ0n) is 13.2. The predicted octanol–water partition coefficient (Wildman–Crippen LogP) is 4.05. The number of nitrogens with zero attached hydrogens (tertiary/aromatic N) is 1. The minimum absolute atomic E-state index is 0. The van der Waals surface area contributed by atoms with E-state index in [9.17, 15) is 4.79 Å². The molecule has 0 bridgehead atoms. The van der Waals surface area contributed by atoms with Gasteiger partial charge in [0, 0.05) is 18.8 Å². The molecule has 0 radical (unpaired) electrons. The lowest BCUT2D eigenvalue weighted by atomic mass is 10.1. The molecule has 0 fully saturated rings. The minimum atomic E-state index is 0. The molecule has 0 aliphatic heterocycles. The Labute approximate surface area is 146 Å². The molecular formula is C15H30Cl2N4O. The van der Waals surface area contributed by atoms with Crippen LogP contribution in [0.4, 0.5) is 5.95 Å². The van der Waals surface area contributed by atoms with Gasteiger partial charge in [-0.15, -0.1) is 24.8 Å². The van der Waals surface area contributed by atoms with E-state index in [1.54, 1.807) is 12.4 Å². The van der Waals surface area contributed by atoms with Crippen molar-refractivity contribution in [3.8, 4) is 0 Å². The lowest BCUT2D eigenvalue weighted by Gasteiger charge is -2.03. The van der Waals surface area contributed by atoms with Gasteiger partial charge in [-0.1, -0.05) is 44.9 Å². The summed E-state index contributed by atoms with van der Waals surface area (Å²) in [6.45, 7) is 0.820. The molecule has 0 atom stereocenters. The maximum Gasteiger partial charge on any atom is 0.226 e. The summed E-state index contributed by atoms with van der Waals surface area (Å²) in [5.74, 6) is 0.578. The van der Waals surface area contributed by atoms with Crippen LogP contribution in [0, 0.1) is 0 Å². The van der Waals surface area contributed by atoms with Gasteiger partial charge in [0.25, 0.3) is 0 Å². The Morgan fingerprint density at radius 2 is 1.55 bits per heavy atom. The summed E-state index contributed by atoms with van der Waals surface area (Å²) in [5.41, 5.74) is 5.45. The third-order valence-electron chi connectivity index (χ3n) is 3.36. The highest BCUT2D eigenvalue weighted by Crippen LogP contribution is 2.10. The second-order valence-electron chi connectivity index (χ2n) is 5.21. The number of hydrogen-bond donors (Lipinski definition) is 3. The predicted molar refractivity (Wildman–Crippen MR) is 96.9 cm³/mol. The largest absolute Gasteiger partial charge is 0.331 e. The fraction of sp³-hybridized carbons (Fsp3) is 0.733. The Morgan fingerprint density at radius 1 is 1.00 bits per heavy atom. The maximum absolute atomic E-state index is 11.6. The third-order valence-corrected chi connectivity index (χ3v) is 3.36. The summed E-state index contributed by atoms with van der Waals surface area (Å²) in [6.07, 6.45) is 14.9. The monoisotopic (exact) mass is 352 g/mol. The molecular weight excluding hydrogens is 323 g/mol. The molecule has 1 aromatic heterocycles. The highest BCUT2D eigenvalue weighted by Gasteiger charge is 2.02. The molecule has 0 spiro atoms. The van der Waals surface area contributed by atoms with E-state index < -0.39 is 0 Å². The van der Waals surface area contributed by atoms with E-state index in [2.05, 4.69) is 15.3 Å². The molecule has 1 aromatic rings. The first-order valence-corrected chi connectivity index (χ1v) is 7.82. The van der Waals surface area contributed by atoms with Crippen LogP contribution in [0.15, 0.2) is 12.4 Å². The van der Waals surface area contributed by atoms with Crippen molar-refractivity contribution in [1.29, 1.82) is 0 Å². The summed E-state index contributed by atoms with van der Waals surface area (Å²) in [6, 6.07) is 0. The number of anilines is 1. The summed E-state index contributed by atoms with van der Waals surface area (Å²) >= 11 is 0. The van der Waals surface area contributed by atoms with Gasteiger partial charge in [0.05, 0.1) is 0 Å². The number of imidazole rings is 1. The molecule has 1 rings (SSSR count). The van der Waals surface area contributed by atoms with Crippen LogP contribution in [0.25, 0.3) is 0 Å². The van der Waals surface area contributed by atoms with Crippen molar-refractivity contribution in [2.75, 3.05) is 11.9 Å². The van der Waals surface area contributed by atoms with Crippen LogP contribution < -0.4 is 11.1 Å². The van der Waals surface area contributed by atoms with Gasteiger partial charge in [-0.25, -0.2) is 4.98 Å². The molecule has 0 saturated carbocycles.